The zero-order valence-corrected chi connectivity index (χ0v) is 18.9. The third-order valence-corrected chi connectivity index (χ3v) is 3.62. The summed E-state index contributed by atoms with van der Waals surface area (Å²) in [4.78, 5) is 11.6. The molecule has 29 heavy (non-hydrogen) atoms. The van der Waals surface area contributed by atoms with Crippen molar-refractivity contribution in [3.8, 4) is 0 Å². The number of ether oxygens (including phenoxy) is 4. The average molecular weight is 421 g/mol. The molecule has 0 aliphatic heterocycles. The van der Waals surface area contributed by atoms with Crippen molar-refractivity contribution in [2.24, 2.45) is 0 Å². The molecular formula is C20H44N4O5. The van der Waals surface area contributed by atoms with E-state index in [2.05, 4.69) is 49.0 Å². The van der Waals surface area contributed by atoms with E-state index in [-0.39, 0.29) is 5.91 Å². The number of hydrogen-bond donors (Lipinski definition) is 4. The van der Waals surface area contributed by atoms with Crippen LogP contribution in [0.4, 0.5) is 0 Å². The van der Waals surface area contributed by atoms with Crippen molar-refractivity contribution in [3.63, 3.8) is 0 Å². The lowest BCUT2D eigenvalue weighted by Gasteiger charge is -2.10. The first-order chi connectivity index (χ1) is 14.0. The fourth-order valence-corrected chi connectivity index (χ4v) is 2.15. The zero-order chi connectivity index (χ0) is 21.6. The van der Waals surface area contributed by atoms with Gasteiger partial charge in [-0.25, -0.2) is 0 Å². The van der Waals surface area contributed by atoms with Crippen LogP contribution in [0.5, 0.6) is 0 Å². The molecule has 0 fully saturated rings. The van der Waals surface area contributed by atoms with Crippen LogP contribution < -0.4 is 21.3 Å². The van der Waals surface area contributed by atoms with Gasteiger partial charge in [0, 0.05) is 38.3 Å². The Kier molecular flexibility index (Phi) is 21.3. The van der Waals surface area contributed by atoms with E-state index in [0.29, 0.717) is 84.6 Å². The molecule has 0 atom stereocenters. The maximum absolute atomic E-state index is 11.6. The third-order valence-electron chi connectivity index (χ3n) is 3.62. The standard InChI is InChI=1S/C20H44N4O5/c1-18(2)22-5-6-24-20(25)17-21-7-9-26-11-13-28-15-16-29-14-12-27-10-8-23-19(3)4/h18-19,21-23H,5-17H2,1-4H3,(H,24,25). The minimum absolute atomic E-state index is 0.00323. The van der Waals surface area contributed by atoms with Gasteiger partial charge in [-0.3, -0.25) is 4.79 Å². The SMILES string of the molecule is CC(C)NCCNC(=O)CNCCOCCOCCOCCOCCNC(C)C. The first-order valence-electron chi connectivity index (χ1n) is 10.8. The van der Waals surface area contributed by atoms with E-state index in [1.165, 1.54) is 0 Å². The molecule has 0 aromatic carbocycles. The quantitative estimate of drug-likeness (QED) is 0.178. The van der Waals surface area contributed by atoms with Crippen LogP contribution >= 0.6 is 0 Å². The summed E-state index contributed by atoms with van der Waals surface area (Å²) in [7, 11) is 0. The molecule has 4 N–H and O–H groups in total. The zero-order valence-electron chi connectivity index (χ0n) is 18.9. The van der Waals surface area contributed by atoms with E-state index < -0.39 is 0 Å². The maximum Gasteiger partial charge on any atom is 0.234 e. The summed E-state index contributed by atoms with van der Waals surface area (Å²) in [6.07, 6.45) is 0. The first kappa shape index (κ1) is 28.2. The average Bonchev–Trinajstić information content (AvgIpc) is 2.67. The maximum atomic E-state index is 11.6. The van der Waals surface area contributed by atoms with E-state index in [4.69, 9.17) is 18.9 Å². The van der Waals surface area contributed by atoms with Gasteiger partial charge in [-0.15, -0.1) is 0 Å². The minimum Gasteiger partial charge on any atom is -0.378 e. The molecule has 0 unspecified atom stereocenters. The van der Waals surface area contributed by atoms with Gasteiger partial charge < -0.3 is 40.2 Å². The van der Waals surface area contributed by atoms with Gasteiger partial charge in [-0.05, 0) is 0 Å². The summed E-state index contributed by atoms with van der Waals surface area (Å²) in [5, 5.41) is 12.4. The highest BCUT2D eigenvalue weighted by Gasteiger charge is 2.00. The fourth-order valence-electron chi connectivity index (χ4n) is 2.15. The Morgan fingerprint density at radius 2 is 1.07 bits per heavy atom. The van der Waals surface area contributed by atoms with E-state index in [9.17, 15) is 4.79 Å². The molecule has 174 valence electrons. The Bertz CT molecular complexity index is 360. The topological polar surface area (TPSA) is 102 Å². The monoisotopic (exact) mass is 420 g/mol. The fraction of sp³-hybridized carbons (Fsp3) is 0.950. The predicted octanol–water partition coefficient (Wildman–Crippen LogP) is -0.245. The molecule has 0 saturated carbocycles. The number of carbonyl (C=O) groups excluding carboxylic acids is 1. The van der Waals surface area contributed by atoms with Gasteiger partial charge in [0.2, 0.25) is 5.91 Å². The Hall–Kier alpha value is -0.810. The third kappa shape index (κ3) is 25.2. The van der Waals surface area contributed by atoms with Crippen molar-refractivity contribution in [3.05, 3.63) is 0 Å². The van der Waals surface area contributed by atoms with Crippen molar-refractivity contribution >= 4 is 5.91 Å². The molecule has 9 heteroatoms. The second-order valence-electron chi connectivity index (χ2n) is 7.19. The second-order valence-corrected chi connectivity index (χ2v) is 7.19. The van der Waals surface area contributed by atoms with Crippen LogP contribution in [0.3, 0.4) is 0 Å². The Balaban J connectivity index is 3.12. The lowest BCUT2D eigenvalue weighted by Crippen LogP contribution is -2.39. The molecular weight excluding hydrogens is 376 g/mol. The van der Waals surface area contributed by atoms with Gasteiger partial charge in [0.25, 0.3) is 0 Å². The highest BCUT2D eigenvalue weighted by molar-refractivity contribution is 5.77. The summed E-state index contributed by atoms with van der Waals surface area (Å²) in [5.41, 5.74) is 0. The van der Waals surface area contributed by atoms with Crippen LogP contribution in [0.15, 0.2) is 0 Å². The number of nitrogens with one attached hydrogen (secondary N) is 4. The number of rotatable bonds is 22. The highest BCUT2D eigenvalue weighted by atomic mass is 16.6. The van der Waals surface area contributed by atoms with Gasteiger partial charge in [0.15, 0.2) is 0 Å². The molecule has 9 nitrogen and oxygen atoms in total. The van der Waals surface area contributed by atoms with E-state index in [1.807, 2.05) is 0 Å². The van der Waals surface area contributed by atoms with E-state index in [1.54, 1.807) is 0 Å². The predicted molar refractivity (Wildman–Crippen MR) is 115 cm³/mol. The largest absolute Gasteiger partial charge is 0.378 e. The van der Waals surface area contributed by atoms with Gasteiger partial charge in [-0.2, -0.15) is 0 Å². The molecule has 0 radical (unpaired) electrons. The van der Waals surface area contributed by atoms with E-state index in [0.717, 1.165) is 13.1 Å². The lowest BCUT2D eigenvalue weighted by atomic mass is 10.4. The Morgan fingerprint density at radius 3 is 1.59 bits per heavy atom. The van der Waals surface area contributed by atoms with Gasteiger partial charge in [-0.1, -0.05) is 27.7 Å². The molecule has 0 aromatic rings. The molecule has 0 heterocycles. The van der Waals surface area contributed by atoms with Gasteiger partial charge >= 0.3 is 0 Å². The van der Waals surface area contributed by atoms with Crippen molar-refractivity contribution in [2.45, 2.75) is 39.8 Å². The number of hydrogen-bond acceptors (Lipinski definition) is 8. The molecule has 0 aliphatic carbocycles. The molecule has 0 aromatic heterocycles. The first-order valence-corrected chi connectivity index (χ1v) is 10.8. The van der Waals surface area contributed by atoms with E-state index >= 15 is 0 Å². The van der Waals surface area contributed by atoms with Crippen LogP contribution in [0, 0.1) is 0 Å². The summed E-state index contributed by atoms with van der Waals surface area (Å²) in [6.45, 7) is 16.2. The second kappa shape index (κ2) is 21.9. The van der Waals surface area contributed by atoms with Crippen LogP contribution in [0.1, 0.15) is 27.7 Å². The van der Waals surface area contributed by atoms with Crippen molar-refractivity contribution in [2.75, 3.05) is 85.6 Å². The normalized spacial score (nSPS) is 11.5. The van der Waals surface area contributed by atoms with Crippen LogP contribution in [-0.4, -0.2) is 104 Å². The highest BCUT2D eigenvalue weighted by Crippen LogP contribution is 1.83. The minimum atomic E-state index is -0.00323. The smallest absolute Gasteiger partial charge is 0.234 e. The molecule has 0 aliphatic rings. The van der Waals surface area contributed by atoms with Crippen molar-refractivity contribution in [1.29, 1.82) is 0 Å². The summed E-state index contributed by atoms with van der Waals surface area (Å²) >= 11 is 0. The Morgan fingerprint density at radius 1 is 0.621 bits per heavy atom. The molecule has 0 saturated heterocycles. The Labute approximate surface area is 176 Å². The van der Waals surface area contributed by atoms with Crippen LogP contribution in [-0.2, 0) is 23.7 Å². The van der Waals surface area contributed by atoms with Gasteiger partial charge in [0.1, 0.15) is 0 Å². The van der Waals surface area contributed by atoms with Crippen molar-refractivity contribution < 1.29 is 23.7 Å². The number of amides is 1. The van der Waals surface area contributed by atoms with Crippen LogP contribution in [0.25, 0.3) is 0 Å². The number of carbonyl (C=O) groups is 1. The molecule has 1 amide bonds. The summed E-state index contributed by atoms with van der Waals surface area (Å²) in [6, 6.07) is 0.918. The molecule has 0 bridgehead atoms. The molecule has 0 spiro atoms. The summed E-state index contributed by atoms with van der Waals surface area (Å²) in [5.74, 6) is -0.00323. The summed E-state index contributed by atoms with van der Waals surface area (Å²) < 4.78 is 21.7. The van der Waals surface area contributed by atoms with Crippen molar-refractivity contribution in [1.82, 2.24) is 21.3 Å². The van der Waals surface area contributed by atoms with Gasteiger partial charge in [0.05, 0.1) is 59.4 Å². The van der Waals surface area contributed by atoms with Crippen LogP contribution in [0.2, 0.25) is 0 Å². The lowest BCUT2D eigenvalue weighted by molar-refractivity contribution is -0.120. The molecule has 0 rings (SSSR count).